The van der Waals surface area contributed by atoms with E-state index in [1.54, 1.807) is 0 Å². The first kappa shape index (κ1) is 16.3. The molecule has 0 saturated heterocycles. The molecule has 0 bridgehead atoms. The Bertz CT molecular complexity index is 975. The van der Waals surface area contributed by atoms with Gasteiger partial charge in [-0.1, -0.05) is 18.2 Å². The molecule has 0 unspecified atom stereocenters. The van der Waals surface area contributed by atoms with Crippen LogP contribution in [0.15, 0.2) is 67.0 Å². The fourth-order valence-electron chi connectivity index (χ4n) is 2.59. The van der Waals surface area contributed by atoms with Gasteiger partial charge in [-0.3, -0.25) is 4.79 Å². The van der Waals surface area contributed by atoms with Crippen molar-refractivity contribution in [3.05, 3.63) is 71.9 Å². The Morgan fingerprint density at radius 1 is 1.00 bits per heavy atom. The summed E-state index contributed by atoms with van der Waals surface area (Å²) >= 11 is 1.50. The van der Waals surface area contributed by atoms with Gasteiger partial charge in [0.2, 0.25) is 0 Å². The average Bonchev–Trinajstić information content (AvgIpc) is 3.35. The minimum absolute atomic E-state index is 0.0537. The van der Waals surface area contributed by atoms with Crippen LogP contribution in [0.2, 0.25) is 0 Å². The SMILES string of the molecule is O=C(NCCNc1ccc(-n2cccc2)nn1)c1cc2ccccc2s1. The number of carbonyl (C=O) groups excluding carboxylic acids is 1. The molecular weight excluding hydrogens is 346 g/mol. The van der Waals surface area contributed by atoms with Gasteiger partial charge in [0.15, 0.2) is 5.82 Å². The quantitative estimate of drug-likeness (QED) is 0.516. The predicted molar refractivity (Wildman–Crippen MR) is 104 cm³/mol. The third kappa shape index (κ3) is 3.57. The topological polar surface area (TPSA) is 71.8 Å². The van der Waals surface area contributed by atoms with Crippen LogP contribution in [0.3, 0.4) is 0 Å². The summed E-state index contributed by atoms with van der Waals surface area (Å²) in [6.45, 7) is 1.09. The molecule has 7 heteroatoms. The third-order valence-corrected chi connectivity index (χ3v) is 5.00. The summed E-state index contributed by atoms with van der Waals surface area (Å²) in [5.41, 5.74) is 0. The Labute approximate surface area is 154 Å². The smallest absolute Gasteiger partial charge is 0.261 e. The van der Waals surface area contributed by atoms with E-state index in [4.69, 9.17) is 0 Å². The van der Waals surface area contributed by atoms with Crippen LogP contribution in [-0.4, -0.2) is 33.8 Å². The summed E-state index contributed by atoms with van der Waals surface area (Å²) in [5, 5.41) is 15.5. The Morgan fingerprint density at radius 3 is 2.62 bits per heavy atom. The van der Waals surface area contributed by atoms with E-state index in [0.29, 0.717) is 18.9 Å². The number of thiophene rings is 1. The monoisotopic (exact) mass is 363 g/mol. The molecule has 0 spiro atoms. The highest BCUT2D eigenvalue weighted by molar-refractivity contribution is 7.20. The van der Waals surface area contributed by atoms with Crippen molar-refractivity contribution in [1.29, 1.82) is 0 Å². The highest BCUT2D eigenvalue weighted by atomic mass is 32.1. The van der Waals surface area contributed by atoms with E-state index in [2.05, 4.69) is 20.8 Å². The molecule has 26 heavy (non-hydrogen) atoms. The summed E-state index contributed by atoms with van der Waals surface area (Å²) in [6.07, 6.45) is 3.83. The molecule has 1 aromatic carbocycles. The van der Waals surface area contributed by atoms with Crippen molar-refractivity contribution in [2.24, 2.45) is 0 Å². The number of anilines is 1. The van der Waals surface area contributed by atoms with Crippen LogP contribution in [-0.2, 0) is 0 Å². The largest absolute Gasteiger partial charge is 0.367 e. The standard InChI is InChI=1S/C19H17N5OS/c25-19(16-13-14-5-1-2-6-15(14)26-16)21-10-9-20-17-7-8-18(23-22-17)24-11-3-4-12-24/h1-8,11-13H,9-10H2,(H,20,22)(H,21,25). The number of carbonyl (C=O) groups is 1. The van der Waals surface area contributed by atoms with Crippen LogP contribution < -0.4 is 10.6 Å². The van der Waals surface area contributed by atoms with E-state index in [9.17, 15) is 4.79 Å². The Hall–Kier alpha value is -3.19. The summed E-state index contributed by atoms with van der Waals surface area (Å²) in [5.74, 6) is 1.39. The number of fused-ring (bicyclic) bond motifs is 1. The lowest BCUT2D eigenvalue weighted by Crippen LogP contribution is -2.28. The van der Waals surface area contributed by atoms with E-state index in [0.717, 1.165) is 20.8 Å². The normalized spacial score (nSPS) is 10.8. The number of nitrogens with zero attached hydrogens (tertiary/aromatic N) is 3. The molecule has 1 amide bonds. The molecule has 0 atom stereocenters. The van der Waals surface area contributed by atoms with Crippen LogP contribution in [0.5, 0.6) is 0 Å². The van der Waals surface area contributed by atoms with Crippen LogP contribution in [0, 0.1) is 0 Å². The van der Waals surface area contributed by atoms with E-state index < -0.39 is 0 Å². The fraction of sp³-hybridized carbons (Fsp3) is 0.105. The summed E-state index contributed by atoms with van der Waals surface area (Å²) in [7, 11) is 0. The Morgan fingerprint density at radius 2 is 1.85 bits per heavy atom. The minimum atomic E-state index is -0.0537. The van der Waals surface area contributed by atoms with Crippen molar-refractivity contribution in [2.45, 2.75) is 0 Å². The molecule has 0 saturated carbocycles. The number of hydrogen-bond donors (Lipinski definition) is 2. The lowest BCUT2D eigenvalue weighted by molar-refractivity contribution is 0.0959. The van der Waals surface area contributed by atoms with Gasteiger partial charge in [-0.05, 0) is 41.8 Å². The molecule has 3 aromatic heterocycles. The molecule has 4 rings (SSSR count). The maximum absolute atomic E-state index is 12.2. The zero-order valence-corrected chi connectivity index (χ0v) is 14.7. The molecule has 0 fully saturated rings. The second kappa shape index (κ2) is 7.37. The maximum atomic E-state index is 12.2. The molecule has 0 radical (unpaired) electrons. The van der Waals surface area contributed by atoms with Gasteiger partial charge in [-0.2, -0.15) is 0 Å². The number of amides is 1. The highest BCUT2D eigenvalue weighted by Gasteiger charge is 2.09. The summed E-state index contributed by atoms with van der Waals surface area (Å²) < 4.78 is 3.01. The van der Waals surface area contributed by atoms with Gasteiger partial charge in [0.05, 0.1) is 4.88 Å². The average molecular weight is 363 g/mol. The van der Waals surface area contributed by atoms with Crippen molar-refractivity contribution in [3.8, 4) is 5.82 Å². The van der Waals surface area contributed by atoms with Gasteiger partial charge in [0.25, 0.3) is 5.91 Å². The van der Waals surface area contributed by atoms with Gasteiger partial charge in [0, 0.05) is 30.2 Å². The second-order valence-electron chi connectivity index (χ2n) is 5.70. The first-order chi connectivity index (χ1) is 12.8. The van der Waals surface area contributed by atoms with Crippen molar-refractivity contribution in [2.75, 3.05) is 18.4 Å². The van der Waals surface area contributed by atoms with E-state index >= 15 is 0 Å². The molecular formula is C19H17N5OS. The van der Waals surface area contributed by atoms with Gasteiger partial charge in [0.1, 0.15) is 5.82 Å². The molecule has 2 N–H and O–H groups in total. The maximum Gasteiger partial charge on any atom is 0.261 e. The zero-order valence-electron chi connectivity index (χ0n) is 13.9. The fourth-order valence-corrected chi connectivity index (χ4v) is 3.57. The molecule has 0 aliphatic heterocycles. The third-order valence-electron chi connectivity index (χ3n) is 3.89. The predicted octanol–water partition coefficient (Wildman–Crippen LogP) is 3.32. The number of hydrogen-bond acceptors (Lipinski definition) is 5. The number of benzene rings is 1. The molecule has 4 aromatic rings. The molecule has 0 aliphatic carbocycles. The van der Waals surface area contributed by atoms with Crippen molar-refractivity contribution < 1.29 is 4.79 Å². The van der Waals surface area contributed by atoms with Gasteiger partial charge >= 0.3 is 0 Å². The summed E-state index contributed by atoms with van der Waals surface area (Å²) in [6, 6.07) is 17.6. The lowest BCUT2D eigenvalue weighted by Gasteiger charge is -2.07. The van der Waals surface area contributed by atoms with Crippen molar-refractivity contribution in [1.82, 2.24) is 20.1 Å². The van der Waals surface area contributed by atoms with Gasteiger partial charge < -0.3 is 15.2 Å². The second-order valence-corrected chi connectivity index (χ2v) is 6.78. The Balaban J connectivity index is 1.27. The van der Waals surface area contributed by atoms with Gasteiger partial charge in [-0.15, -0.1) is 21.5 Å². The first-order valence-corrected chi connectivity index (χ1v) is 9.09. The van der Waals surface area contributed by atoms with Crippen LogP contribution in [0.1, 0.15) is 9.67 Å². The molecule has 130 valence electrons. The van der Waals surface area contributed by atoms with Crippen molar-refractivity contribution >= 4 is 33.1 Å². The zero-order chi connectivity index (χ0) is 17.8. The van der Waals surface area contributed by atoms with Gasteiger partial charge in [-0.25, -0.2) is 0 Å². The van der Waals surface area contributed by atoms with Crippen molar-refractivity contribution in [3.63, 3.8) is 0 Å². The number of aromatic nitrogens is 3. The number of rotatable bonds is 6. The van der Waals surface area contributed by atoms with Crippen LogP contribution >= 0.6 is 11.3 Å². The van der Waals surface area contributed by atoms with E-state index in [1.165, 1.54) is 11.3 Å². The molecule has 3 heterocycles. The van der Waals surface area contributed by atoms with E-state index in [1.807, 2.05) is 71.6 Å². The number of nitrogens with one attached hydrogen (secondary N) is 2. The first-order valence-electron chi connectivity index (χ1n) is 8.27. The highest BCUT2D eigenvalue weighted by Crippen LogP contribution is 2.24. The Kier molecular flexibility index (Phi) is 4.61. The van der Waals surface area contributed by atoms with Crippen LogP contribution in [0.25, 0.3) is 15.9 Å². The van der Waals surface area contributed by atoms with Crippen LogP contribution in [0.4, 0.5) is 5.82 Å². The van der Waals surface area contributed by atoms with E-state index in [-0.39, 0.29) is 5.91 Å². The lowest BCUT2D eigenvalue weighted by atomic mass is 10.2. The molecule has 0 aliphatic rings. The summed E-state index contributed by atoms with van der Waals surface area (Å²) in [4.78, 5) is 13.0. The molecule has 6 nitrogen and oxygen atoms in total. The minimum Gasteiger partial charge on any atom is -0.367 e.